The van der Waals surface area contributed by atoms with Crippen LogP contribution in [0.2, 0.25) is 0 Å². The van der Waals surface area contributed by atoms with Crippen molar-refractivity contribution < 1.29 is 25.2 Å². The van der Waals surface area contributed by atoms with Crippen molar-refractivity contribution in [1.82, 2.24) is 0 Å². The summed E-state index contributed by atoms with van der Waals surface area (Å²) in [4.78, 5) is 2.40. The van der Waals surface area contributed by atoms with E-state index in [1.165, 1.54) is 0 Å². The molecule has 0 bridgehead atoms. The van der Waals surface area contributed by atoms with Gasteiger partial charge in [-0.25, -0.2) is 0 Å². The summed E-state index contributed by atoms with van der Waals surface area (Å²) in [6.07, 6.45) is -6.76. The van der Waals surface area contributed by atoms with E-state index >= 15 is 0 Å². The van der Waals surface area contributed by atoms with Crippen LogP contribution in [-0.2, 0) is 4.74 Å². The molecule has 8 heteroatoms. The number of hydrogen-bond donors (Lipinski definition) is 4. The molecule has 0 amide bonds. The van der Waals surface area contributed by atoms with Gasteiger partial charge in [0.05, 0.1) is 6.61 Å². The Labute approximate surface area is 79.0 Å². The van der Waals surface area contributed by atoms with Crippen molar-refractivity contribution >= 4 is 0 Å². The molecule has 0 aromatic rings. The average Bonchev–Trinajstić information content (AvgIpc) is 2.19. The topological polar surface area (TPSA) is 139 Å². The lowest BCUT2D eigenvalue weighted by atomic mass is 9.99. The Morgan fingerprint density at radius 1 is 1.21 bits per heavy atom. The molecule has 0 radical (unpaired) electrons. The van der Waals surface area contributed by atoms with E-state index in [0.717, 1.165) is 0 Å². The summed E-state index contributed by atoms with van der Waals surface area (Å²) in [6, 6.07) is 0. The first-order valence-electron chi connectivity index (χ1n) is 3.96. The fraction of sp³-hybridized carbons (Fsp3) is 1.00. The summed E-state index contributed by atoms with van der Waals surface area (Å²) < 4.78 is 4.84. The molecule has 1 unspecified atom stereocenters. The van der Waals surface area contributed by atoms with Gasteiger partial charge in [0, 0.05) is 4.91 Å². The summed E-state index contributed by atoms with van der Waals surface area (Å²) >= 11 is 0. The van der Waals surface area contributed by atoms with E-state index < -0.39 is 37.3 Å². The molecule has 0 spiro atoms. The number of hydrogen-bond acceptors (Lipinski definition) is 6. The summed E-state index contributed by atoms with van der Waals surface area (Å²) in [6.45, 7) is -0.539. The summed E-state index contributed by atoms with van der Waals surface area (Å²) in [5.74, 6) is 0. The summed E-state index contributed by atoms with van der Waals surface area (Å²) in [5.41, 5.74) is 8.11. The van der Waals surface area contributed by atoms with Gasteiger partial charge >= 0.3 is 0 Å². The highest BCUT2D eigenvalue weighted by Crippen LogP contribution is 2.21. The number of ether oxygens (including phenoxy) is 1. The van der Waals surface area contributed by atoms with Crippen LogP contribution in [0.3, 0.4) is 0 Å². The first-order chi connectivity index (χ1) is 6.61. The lowest BCUT2D eigenvalue weighted by Crippen LogP contribution is -2.57. The van der Waals surface area contributed by atoms with E-state index in [0.29, 0.717) is 0 Å². The molecule has 0 aliphatic carbocycles. The molecular formula is C6H11N3O5. The maximum atomic E-state index is 9.27. The molecule has 1 aliphatic rings. The van der Waals surface area contributed by atoms with Gasteiger partial charge in [-0.3, -0.25) is 0 Å². The van der Waals surface area contributed by atoms with E-state index in [-0.39, 0.29) is 0 Å². The molecule has 8 nitrogen and oxygen atoms in total. The van der Waals surface area contributed by atoms with Crippen molar-refractivity contribution in [1.29, 1.82) is 0 Å². The zero-order valence-corrected chi connectivity index (χ0v) is 7.13. The Bertz CT molecular complexity index is 242. The molecule has 14 heavy (non-hydrogen) atoms. The van der Waals surface area contributed by atoms with Gasteiger partial charge in [-0.2, -0.15) is 0 Å². The third kappa shape index (κ3) is 1.95. The van der Waals surface area contributed by atoms with Crippen molar-refractivity contribution in [3.8, 4) is 0 Å². The smallest absolute Gasteiger partial charge is 0.165 e. The van der Waals surface area contributed by atoms with Crippen LogP contribution >= 0.6 is 0 Å². The van der Waals surface area contributed by atoms with Crippen LogP contribution in [0.5, 0.6) is 0 Å². The standard InChI is InChI=1S/C6H11N3O5/c7-9-8-6-5(13)4(12)3(11)2(1-10)14-6/h2-6,10-13H,1H2/t2-,3-,4+,5-,6?/m0/s1. The van der Waals surface area contributed by atoms with Crippen molar-refractivity contribution in [2.75, 3.05) is 6.61 Å². The van der Waals surface area contributed by atoms with E-state index in [1.807, 2.05) is 0 Å². The molecule has 0 aromatic heterocycles. The third-order valence-corrected chi connectivity index (χ3v) is 2.03. The Balaban J connectivity index is 2.77. The monoisotopic (exact) mass is 205 g/mol. The molecule has 4 N–H and O–H groups in total. The van der Waals surface area contributed by atoms with Crippen LogP contribution in [0.15, 0.2) is 5.11 Å². The lowest BCUT2D eigenvalue weighted by Gasteiger charge is -2.37. The van der Waals surface area contributed by atoms with Gasteiger partial charge < -0.3 is 25.2 Å². The fourth-order valence-electron chi connectivity index (χ4n) is 1.23. The summed E-state index contributed by atoms with van der Waals surface area (Å²) in [7, 11) is 0. The molecule has 0 saturated carbocycles. The predicted octanol–water partition coefficient (Wildman–Crippen LogP) is -1.90. The second-order valence-corrected chi connectivity index (χ2v) is 2.92. The van der Waals surface area contributed by atoms with Crippen LogP contribution in [-0.4, -0.2) is 57.7 Å². The SMILES string of the molecule is [N-]=[N+]=NC1O[C@@H](CO)[C@H](O)[C@@H](O)[C@@H]1O. The minimum atomic E-state index is -1.50. The minimum absolute atomic E-state index is 0.539. The first-order valence-corrected chi connectivity index (χ1v) is 3.96. The molecule has 1 heterocycles. The highest BCUT2D eigenvalue weighted by Gasteiger charge is 2.42. The Morgan fingerprint density at radius 2 is 1.86 bits per heavy atom. The maximum absolute atomic E-state index is 9.27. The largest absolute Gasteiger partial charge is 0.394 e. The molecule has 1 fully saturated rings. The van der Waals surface area contributed by atoms with Crippen molar-refractivity contribution in [3.05, 3.63) is 10.4 Å². The minimum Gasteiger partial charge on any atom is -0.394 e. The second-order valence-electron chi connectivity index (χ2n) is 2.92. The van der Waals surface area contributed by atoms with Crippen molar-refractivity contribution in [2.45, 2.75) is 30.6 Å². The Morgan fingerprint density at radius 3 is 2.36 bits per heavy atom. The van der Waals surface area contributed by atoms with Crippen LogP contribution in [0.25, 0.3) is 10.4 Å². The molecule has 1 aliphatic heterocycles. The average molecular weight is 205 g/mol. The quantitative estimate of drug-likeness (QED) is 0.237. The predicted molar refractivity (Wildman–Crippen MR) is 42.9 cm³/mol. The van der Waals surface area contributed by atoms with Crippen LogP contribution in [0.1, 0.15) is 0 Å². The van der Waals surface area contributed by atoms with E-state index in [4.69, 9.17) is 15.4 Å². The number of nitrogens with zero attached hydrogens (tertiary/aromatic N) is 3. The zero-order valence-electron chi connectivity index (χ0n) is 7.13. The molecule has 80 valence electrons. The highest BCUT2D eigenvalue weighted by atomic mass is 16.6. The lowest BCUT2D eigenvalue weighted by molar-refractivity contribution is -0.227. The maximum Gasteiger partial charge on any atom is 0.165 e. The van der Waals surface area contributed by atoms with Crippen LogP contribution in [0.4, 0.5) is 0 Å². The van der Waals surface area contributed by atoms with Gasteiger partial charge in [-0.1, -0.05) is 5.11 Å². The number of aliphatic hydroxyl groups excluding tert-OH is 4. The number of azide groups is 1. The third-order valence-electron chi connectivity index (χ3n) is 2.03. The fourth-order valence-corrected chi connectivity index (χ4v) is 1.23. The molecule has 5 atom stereocenters. The van der Waals surface area contributed by atoms with Gasteiger partial charge in [0.25, 0.3) is 0 Å². The summed E-state index contributed by atoms with van der Waals surface area (Å²) in [5, 5.41) is 39.6. The van der Waals surface area contributed by atoms with Gasteiger partial charge in [-0.05, 0) is 5.53 Å². The number of rotatable bonds is 2. The second kappa shape index (κ2) is 4.56. The van der Waals surface area contributed by atoms with Gasteiger partial charge in [0.2, 0.25) is 0 Å². The zero-order chi connectivity index (χ0) is 10.7. The van der Waals surface area contributed by atoms with E-state index in [9.17, 15) is 15.3 Å². The molecule has 1 rings (SSSR count). The van der Waals surface area contributed by atoms with Crippen molar-refractivity contribution in [3.63, 3.8) is 0 Å². The van der Waals surface area contributed by atoms with Crippen LogP contribution in [0, 0.1) is 0 Å². The number of aliphatic hydroxyl groups is 4. The van der Waals surface area contributed by atoms with Gasteiger partial charge in [-0.15, -0.1) is 0 Å². The molecule has 1 saturated heterocycles. The van der Waals surface area contributed by atoms with Gasteiger partial charge in [0.15, 0.2) is 6.23 Å². The normalized spacial score (nSPS) is 43.0. The first kappa shape index (κ1) is 11.2. The van der Waals surface area contributed by atoms with Gasteiger partial charge in [0.1, 0.15) is 24.4 Å². The van der Waals surface area contributed by atoms with Crippen LogP contribution < -0.4 is 0 Å². The van der Waals surface area contributed by atoms with E-state index in [1.54, 1.807) is 0 Å². The molecule has 0 aromatic carbocycles. The Kier molecular flexibility index (Phi) is 3.64. The molecular weight excluding hydrogens is 194 g/mol. The van der Waals surface area contributed by atoms with E-state index in [2.05, 4.69) is 10.0 Å². The highest BCUT2D eigenvalue weighted by molar-refractivity contribution is 4.90. The van der Waals surface area contributed by atoms with Crippen molar-refractivity contribution in [2.24, 2.45) is 5.11 Å². The Hall–Kier alpha value is -0.890.